The molecular weight excluding hydrogens is 605 g/mol. The van der Waals surface area contributed by atoms with E-state index in [1.165, 1.54) is 41.9 Å². The van der Waals surface area contributed by atoms with Gasteiger partial charge in [-0.2, -0.15) is 0 Å². The van der Waals surface area contributed by atoms with Crippen LogP contribution in [0.15, 0.2) is 59.7 Å². The van der Waals surface area contributed by atoms with Crippen LogP contribution in [-0.2, 0) is 9.59 Å². The molecule has 0 radical (unpaired) electrons. The van der Waals surface area contributed by atoms with Gasteiger partial charge in [0.2, 0.25) is 11.8 Å². The molecular formula is C33H38FN9O2S. The zero-order chi connectivity index (χ0) is 32.8. The first-order valence-corrected chi connectivity index (χ1v) is 16.0. The Morgan fingerprint density at radius 1 is 1.22 bits per heavy atom. The van der Waals surface area contributed by atoms with Crippen LogP contribution in [0.2, 0.25) is 0 Å². The number of carbonyl (C=O) groups is 2. The number of aliphatic imine (C=N–C) groups is 1. The lowest BCUT2D eigenvalue weighted by Gasteiger charge is -2.28. The first-order valence-electron chi connectivity index (χ1n) is 15.2. The number of hydrogen-bond acceptors (Lipinski definition) is 8. The van der Waals surface area contributed by atoms with E-state index in [1.807, 2.05) is 22.8 Å². The summed E-state index contributed by atoms with van der Waals surface area (Å²) in [5, 5.41) is 20.3. The summed E-state index contributed by atoms with van der Waals surface area (Å²) in [5.41, 5.74) is 9.47. The lowest BCUT2D eigenvalue weighted by Crippen LogP contribution is -2.42. The van der Waals surface area contributed by atoms with Crippen LogP contribution in [0, 0.1) is 22.6 Å². The molecule has 2 aliphatic rings. The first kappa shape index (κ1) is 32.6. The van der Waals surface area contributed by atoms with Gasteiger partial charge < -0.3 is 20.9 Å². The number of anilines is 2. The highest BCUT2D eigenvalue weighted by Gasteiger charge is 2.33. The summed E-state index contributed by atoms with van der Waals surface area (Å²) in [5.74, 6) is -0.489. The molecule has 13 heteroatoms. The number of likely N-dealkylation sites (tertiary alicyclic amines) is 1. The summed E-state index contributed by atoms with van der Waals surface area (Å²) in [6.45, 7) is 4.82. The Labute approximate surface area is 271 Å². The molecule has 2 aliphatic heterocycles. The van der Waals surface area contributed by atoms with Crippen molar-refractivity contribution in [2.75, 3.05) is 56.9 Å². The molecule has 240 valence electrons. The van der Waals surface area contributed by atoms with Crippen molar-refractivity contribution in [2.24, 2.45) is 10.9 Å². The summed E-state index contributed by atoms with van der Waals surface area (Å²) < 4.78 is 13.4. The van der Waals surface area contributed by atoms with E-state index in [0.29, 0.717) is 72.9 Å². The van der Waals surface area contributed by atoms with Crippen LogP contribution < -0.4 is 16.0 Å². The minimum Gasteiger partial charge on any atom is -0.398 e. The van der Waals surface area contributed by atoms with Crippen LogP contribution in [0.25, 0.3) is 5.57 Å². The molecule has 1 fully saturated rings. The number of carbonyl (C=O) groups excluding carboxylic acids is 2. The fourth-order valence-electron chi connectivity index (χ4n) is 5.67. The van der Waals surface area contributed by atoms with Crippen molar-refractivity contribution in [3.8, 4) is 0 Å². The number of nitrogens with two attached hydrogens (primary N) is 1. The van der Waals surface area contributed by atoms with E-state index in [1.54, 1.807) is 36.3 Å². The lowest BCUT2D eigenvalue weighted by atomic mass is 9.99. The quantitative estimate of drug-likeness (QED) is 0.150. The number of halogens is 1. The summed E-state index contributed by atoms with van der Waals surface area (Å²) in [6, 6.07) is 10.9. The number of benzene rings is 2. The third-order valence-corrected chi connectivity index (χ3v) is 9.29. The van der Waals surface area contributed by atoms with Crippen LogP contribution in [-0.4, -0.2) is 90.8 Å². The van der Waals surface area contributed by atoms with Crippen molar-refractivity contribution in [3.63, 3.8) is 0 Å². The second kappa shape index (κ2) is 14.6. The van der Waals surface area contributed by atoms with Crippen molar-refractivity contribution in [2.45, 2.75) is 19.8 Å². The summed E-state index contributed by atoms with van der Waals surface area (Å²) in [7, 11) is 1.72. The molecule has 0 unspecified atom stereocenters. The molecule has 3 aromatic rings. The zero-order valence-electron chi connectivity index (χ0n) is 25.9. The SMILES string of the molecule is CCN(C(=O)[C@@H]1CCN(CC(=O)N2CC=C(c3ncc(C(=N)/N=C\NC)s3)CC2)C1)c1ccc(N)c(C(=N)c2ccc(F)cc2)c1. The molecule has 2 aromatic carbocycles. The second-order valence-corrected chi connectivity index (χ2v) is 12.2. The molecule has 46 heavy (non-hydrogen) atoms. The molecule has 0 bridgehead atoms. The van der Waals surface area contributed by atoms with E-state index in [-0.39, 0.29) is 41.6 Å². The molecule has 1 atom stereocenters. The fourth-order valence-corrected chi connectivity index (χ4v) is 6.56. The summed E-state index contributed by atoms with van der Waals surface area (Å²) in [4.78, 5) is 41.6. The third-order valence-electron chi connectivity index (χ3n) is 8.21. The normalized spacial score (nSPS) is 16.8. The highest BCUT2D eigenvalue weighted by molar-refractivity contribution is 7.14. The van der Waals surface area contributed by atoms with E-state index in [9.17, 15) is 14.0 Å². The highest BCUT2D eigenvalue weighted by atomic mass is 32.1. The number of nitrogens with zero attached hydrogens (tertiary/aromatic N) is 5. The maximum absolute atomic E-state index is 13.7. The number of thiazole rings is 1. The van der Waals surface area contributed by atoms with Crippen LogP contribution in [0.3, 0.4) is 0 Å². The topological polar surface area (TPSA) is 155 Å². The Morgan fingerprint density at radius 3 is 2.70 bits per heavy atom. The van der Waals surface area contributed by atoms with Crippen LogP contribution in [0.5, 0.6) is 0 Å². The molecule has 11 nitrogen and oxygen atoms in total. The van der Waals surface area contributed by atoms with Gasteiger partial charge in [0.05, 0.1) is 29.4 Å². The van der Waals surface area contributed by atoms with Gasteiger partial charge in [-0.05, 0) is 74.3 Å². The van der Waals surface area contributed by atoms with Gasteiger partial charge >= 0.3 is 0 Å². The summed E-state index contributed by atoms with van der Waals surface area (Å²) >= 11 is 1.42. The van der Waals surface area contributed by atoms with E-state index in [0.717, 1.165) is 10.6 Å². The monoisotopic (exact) mass is 643 g/mol. The van der Waals surface area contributed by atoms with Crippen LogP contribution >= 0.6 is 11.3 Å². The smallest absolute Gasteiger partial charge is 0.237 e. The lowest BCUT2D eigenvalue weighted by molar-refractivity contribution is -0.132. The molecule has 0 spiro atoms. The molecule has 3 heterocycles. The molecule has 0 saturated carbocycles. The minimum absolute atomic E-state index is 0.0282. The van der Waals surface area contributed by atoms with Gasteiger partial charge in [0.15, 0.2) is 5.84 Å². The maximum Gasteiger partial charge on any atom is 0.237 e. The Morgan fingerprint density at radius 2 is 2.00 bits per heavy atom. The van der Waals surface area contributed by atoms with Gasteiger partial charge in [-0.3, -0.25) is 25.3 Å². The van der Waals surface area contributed by atoms with E-state index in [4.69, 9.17) is 16.6 Å². The largest absolute Gasteiger partial charge is 0.398 e. The van der Waals surface area contributed by atoms with Gasteiger partial charge in [0, 0.05) is 61.9 Å². The van der Waals surface area contributed by atoms with E-state index in [2.05, 4.69) is 15.3 Å². The Bertz CT molecular complexity index is 1680. The van der Waals surface area contributed by atoms with E-state index >= 15 is 0 Å². The maximum atomic E-state index is 13.7. The summed E-state index contributed by atoms with van der Waals surface area (Å²) in [6.07, 6.45) is 6.48. The van der Waals surface area contributed by atoms with Gasteiger partial charge in [0.25, 0.3) is 0 Å². The minimum atomic E-state index is -0.383. The average molecular weight is 644 g/mol. The van der Waals surface area contributed by atoms with Crippen molar-refractivity contribution in [3.05, 3.63) is 81.6 Å². The molecule has 1 saturated heterocycles. The Balaban J connectivity index is 1.17. The number of aromatic nitrogens is 1. The van der Waals surface area contributed by atoms with Gasteiger partial charge in [-0.1, -0.05) is 6.08 Å². The third kappa shape index (κ3) is 7.37. The first-order chi connectivity index (χ1) is 22.2. The number of nitrogen functional groups attached to an aromatic ring is 1. The number of rotatable bonds is 10. The molecule has 2 amide bonds. The van der Waals surface area contributed by atoms with Gasteiger partial charge in [-0.15, -0.1) is 11.3 Å². The Kier molecular flexibility index (Phi) is 10.3. The number of amidine groups is 1. The molecule has 5 rings (SSSR count). The average Bonchev–Trinajstić information content (AvgIpc) is 3.75. The number of amides is 2. The predicted molar refractivity (Wildman–Crippen MR) is 181 cm³/mol. The van der Waals surface area contributed by atoms with Crippen molar-refractivity contribution in [1.29, 1.82) is 10.8 Å². The van der Waals surface area contributed by atoms with Crippen molar-refractivity contribution in [1.82, 2.24) is 20.1 Å². The zero-order valence-corrected chi connectivity index (χ0v) is 26.7. The van der Waals surface area contributed by atoms with Gasteiger partial charge in [0.1, 0.15) is 10.8 Å². The predicted octanol–water partition coefficient (Wildman–Crippen LogP) is 3.84. The van der Waals surface area contributed by atoms with Crippen LogP contribution in [0.1, 0.15) is 40.8 Å². The number of nitrogens with one attached hydrogen (secondary N) is 3. The van der Waals surface area contributed by atoms with Crippen molar-refractivity contribution < 1.29 is 14.0 Å². The molecule has 1 aromatic heterocycles. The van der Waals surface area contributed by atoms with E-state index < -0.39 is 0 Å². The second-order valence-electron chi connectivity index (χ2n) is 11.2. The molecule has 5 N–H and O–H groups in total. The fraction of sp³-hybridized carbons (Fsp3) is 0.333. The Hall–Kier alpha value is -4.75. The van der Waals surface area contributed by atoms with Gasteiger partial charge in [-0.25, -0.2) is 14.4 Å². The molecule has 0 aliphatic carbocycles. The van der Waals surface area contributed by atoms with Crippen LogP contribution in [0.4, 0.5) is 15.8 Å². The standard InChI is InChI=1S/C33H38FN9O2S/c1-3-43(25-8-9-27(35)26(16-25)30(36)21-4-6-24(34)7-5-21)33(45)23-10-13-41(18-23)19-29(44)42-14-11-22(12-15-42)32-39-17-28(46-32)31(37)40-20-38-2/h4-9,11,16-17,20,23,36H,3,10,12-15,18-19,35H2,1-2H3,(H2,37,38,40)/t23-/m1/s1. The highest BCUT2D eigenvalue weighted by Crippen LogP contribution is 2.29. The van der Waals surface area contributed by atoms with Crippen molar-refractivity contribution >= 4 is 58.0 Å². The number of hydrogen-bond donors (Lipinski definition) is 4.